The Morgan fingerprint density at radius 3 is 1.32 bits per heavy atom. The van der Waals surface area contributed by atoms with Crippen molar-refractivity contribution in [3.63, 3.8) is 0 Å². The number of piperidine rings is 2. The van der Waals surface area contributed by atoms with Gasteiger partial charge in [0.05, 0.1) is 23.8 Å². The molecule has 15 heteroatoms. The van der Waals surface area contributed by atoms with Crippen molar-refractivity contribution in [2.24, 2.45) is 0 Å². The van der Waals surface area contributed by atoms with Crippen LogP contribution < -0.4 is 21.3 Å². The summed E-state index contributed by atoms with van der Waals surface area (Å²) in [5.74, 6) is 3.02. The predicted molar refractivity (Wildman–Crippen MR) is 286 cm³/mol. The summed E-state index contributed by atoms with van der Waals surface area (Å²) in [6, 6.07) is 26.1. The molecule has 0 bridgehead atoms. The monoisotopic (exact) mass is 1020 g/mol. The molecule has 4 heterocycles. The van der Waals surface area contributed by atoms with Gasteiger partial charge in [0.15, 0.2) is 0 Å². The van der Waals surface area contributed by atoms with Gasteiger partial charge in [-0.2, -0.15) is 5.26 Å². The van der Waals surface area contributed by atoms with Gasteiger partial charge < -0.3 is 40.5 Å². The second-order valence-electron chi connectivity index (χ2n) is 20.7. The van der Waals surface area contributed by atoms with Crippen LogP contribution in [0.25, 0.3) is 0 Å². The predicted octanol–water partition coefficient (Wildman–Crippen LogP) is 11.2. The number of nitrogens with one attached hydrogen (secondary N) is 4. The number of likely N-dealkylation sites (tertiary alicyclic amines) is 2. The number of ether oxygens (including phenoxy) is 2. The molecule has 6 fully saturated rings. The number of carbonyl (C=O) groups excluding carboxylic acids is 4. The van der Waals surface area contributed by atoms with Crippen molar-refractivity contribution in [1.29, 1.82) is 5.26 Å². The molecule has 75 heavy (non-hydrogen) atoms. The lowest BCUT2D eigenvalue weighted by atomic mass is 9.79. The smallest absolute Gasteiger partial charge is 0.319 e. The zero-order chi connectivity index (χ0) is 51.7. The number of hydrogen-bond acceptors (Lipinski definition) is 7. The molecule has 4 saturated heterocycles. The molecule has 2 aliphatic carbocycles. The molecule has 4 aromatic rings. The van der Waals surface area contributed by atoms with Crippen LogP contribution in [-0.4, -0.2) is 98.4 Å². The van der Waals surface area contributed by atoms with Gasteiger partial charge in [0.1, 0.15) is 11.3 Å². The minimum atomic E-state index is -1.52. The third-order valence-corrected chi connectivity index (χ3v) is 16.0. The van der Waals surface area contributed by atoms with Crippen molar-refractivity contribution in [2.45, 2.75) is 133 Å². The quantitative estimate of drug-likeness (QED) is 0.103. The van der Waals surface area contributed by atoms with E-state index >= 15 is 8.78 Å². The minimum absolute atomic E-state index is 0. The fourth-order valence-electron chi connectivity index (χ4n) is 10.9. The standard InChI is InChI=1S/C30H34FN3O3.C29H33FN4O3.CH4/c1-2-21-8-11-24(12-9-21)30(31)14-16-34(17-15-30)28(35)23-10-13-26(22-5-3-6-22)27(19-23)33-29(36)32-20-25-7-4-18-37-25;30-29(23-9-6-20(18-31)7-10-23)12-14-34(15-13-29)27(35)22-8-11-25(21-3-1-4-21)26(17-22)33-28(36)32-19-24-5-2-16-37-24;/h1,8-13,19,22,25H,3-7,14-18,20H2,(H2,32,33,36);6-11,17,21,24H,1-5,12-16,19H2,(H2,32,33,36);1H4/t25-;24-;/m10./s1. The van der Waals surface area contributed by atoms with E-state index < -0.39 is 11.3 Å². The van der Waals surface area contributed by atoms with E-state index in [1.54, 1.807) is 70.5 Å². The number of carbonyl (C=O) groups is 4. The Labute approximate surface area is 440 Å². The molecule has 396 valence electrons. The van der Waals surface area contributed by atoms with E-state index in [0.717, 1.165) is 87.7 Å². The highest BCUT2D eigenvalue weighted by atomic mass is 19.1. The molecule has 2 atom stereocenters. The number of hydrogen-bond donors (Lipinski definition) is 4. The van der Waals surface area contributed by atoms with Gasteiger partial charge in [0.2, 0.25) is 0 Å². The van der Waals surface area contributed by atoms with Gasteiger partial charge in [0.25, 0.3) is 11.8 Å². The summed E-state index contributed by atoms with van der Waals surface area (Å²) >= 11 is 0. The summed E-state index contributed by atoms with van der Waals surface area (Å²) in [7, 11) is 0. The van der Waals surface area contributed by atoms with Crippen LogP contribution in [0.3, 0.4) is 0 Å². The van der Waals surface area contributed by atoms with Crippen molar-refractivity contribution in [1.82, 2.24) is 20.4 Å². The van der Waals surface area contributed by atoms with Crippen molar-refractivity contribution < 1.29 is 37.4 Å². The number of terminal acetylenes is 1. The summed E-state index contributed by atoms with van der Waals surface area (Å²) in [5, 5.41) is 20.7. The first kappa shape index (κ1) is 54.5. The van der Waals surface area contributed by atoms with Crippen molar-refractivity contribution >= 4 is 35.3 Å². The lowest BCUT2D eigenvalue weighted by molar-refractivity contribution is 0.0412. The fraction of sp³-hybridized carbons (Fsp3) is 0.483. The Balaban J connectivity index is 0.000000197. The zero-order valence-electron chi connectivity index (χ0n) is 42.1. The van der Waals surface area contributed by atoms with Crippen LogP contribution in [0.15, 0.2) is 84.9 Å². The summed E-state index contributed by atoms with van der Waals surface area (Å²) in [5.41, 5.74) is 3.80. The van der Waals surface area contributed by atoms with Crippen LogP contribution in [0, 0.1) is 23.7 Å². The van der Waals surface area contributed by atoms with Gasteiger partial charge in [-0.15, -0.1) is 6.42 Å². The number of anilines is 2. The molecular formula is C60H71F2N7O6. The maximum absolute atomic E-state index is 15.7. The van der Waals surface area contributed by atoms with E-state index in [1.807, 2.05) is 24.3 Å². The van der Waals surface area contributed by atoms with E-state index in [9.17, 15) is 19.2 Å². The van der Waals surface area contributed by atoms with Gasteiger partial charge in [-0.05, 0) is 134 Å². The van der Waals surface area contributed by atoms with Gasteiger partial charge in [-0.3, -0.25) is 9.59 Å². The van der Waals surface area contributed by atoms with Gasteiger partial charge in [-0.25, -0.2) is 18.4 Å². The van der Waals surface area contributed by atoms with E-state index in [2.05, 4.69) is 33.3 Å². The SMILES string of the molecule is C.C#Cc1ccc(C2(F)CCN(C(=O)c3ccc(C4CCC4)c(NC(=O)NC[C@H]4CCCO4)c3)CC2)cc1.N#Cc1ccc(C2(F)CCN(C(=O)c3ccc(C4CCC4)c(NC(=O)NC[C@@H]4CCCO4)c3)CC2)cc1. The van der Waals surface area contributed by atoms with Gasteiger partial charge >= 0.3 is 12.1 Å². The highest BCUT2D eigenvalue weighted by Gasteiger charge is 2.40. The van der Waals surface area contributed by atoms with Crippen molar-refractivity contribution in [3.8, 4) is 18.4 Å². The molecule has 13 nitrogen and oxygen atoms in total. The molecule has 4 aromatic carbocycles. The molecule has 0 spiro atoms. The number of rotatable bonds is 12. The Morgan fingerprint density at radius 1 is 0.587 bits per heavy atom. The maximum atomic E-state index is 15.7. The highest BCUT2D eigenvalue weighted by Crippen LogP contribution is 2.43. The van der Waals surface area contributed by atoms with Crippen LogP contribution in [-0.2, 0) is 20.8 Å². The largest absolute Gasteiger partial charge is 0.376 e. The Morgan fingerprint density at radius 2 is 0.987 bits per heavy atom. The topological polar surface area (TPSA) is 165 Å². The third kappa shape index (κ3) is 13.2. The maximum Gasteiger partial charge on any atom is 0.319 e. The van der Waals surface area contributed by atoms with Gasteiger partial charge in [-0.1, -0.05) is 62.6 Å². The third-order valence-electron chi connectivity index (χ3n) is 16.0. The molecule has 2 saturated carbocycles. The van der Waals surface area contributed by atoms with E-state index in [0.29, 0.717) is 90.3 Å². The summed E-state index contributed by atoms with van der Waals surface area (Å²) < 4.78 is 42.5. The molecule has 0 unspecified atom stereocenters. The average molecular weight is 1020 g/mol. The number of benzene rings is 4. The number of urea groups is 2. The number of nitriles is 1. The first-order chi connectivity index (χ1) is 35.9. The van der Waals surface area contributed by atoms with Crippen molar-refractivity contribution in [3.05, 3.63) is 129 Å². The van der Waals surface area contributed by atoms with E-state index in [4.69, 9.17) is 21.2 Å². The van der Waals surface area contributed by atoms with E-state index in [-0.39, 0.29) is 69.2 Å². The normalized spacial score (nSPS) is 20.8. The first-order valence-electron chi connectivity index (χ1n) is 26.6. The molecule has 0 radical (unpaired) electrons. The van der Waals surface area contributed by atoms with Crippen LogP contribution in [0.4, 0.5) is 29.7 Å². The van der Waals surface area contributed by atoms with Crippen molar-refractivity contribution in [2.75, 3.05) is 63.1 Å². The fourth-order valence-corrected chi connectivity index (χ4v) is 10.9. The number of alkyl halides is 2. The molecular weight excluding hydrogens is 953 g/mol. The van der Waals surface area contributed by atoms with E-state index in [1.165, 1.54) is 6.42 Å². The zero-order valence-corrected chi connectivity index (χ0v) is 42.1. The van der Waals surface area contributed by atoms with Crippen LogP contribution in [0.5, 0.6) is 0 Å². The Hall–Kier alpha value is -6.81. The molecule has 6 aliphatic rings. The number of nitrogens with zero attached hydrogens (tertiary/aromatic N) is 3. The number of halogens is 2. The second kappa shape index (κ2) is 24.7. The summed E-state index contributed by atoms with van der Waals surface area (Å²) in [4.78, 5) is 55.4. The molecule has 0 aromatic heterocycles. The van der Waals surface area contributed by atoms with Crippen LogP contribution in [0.1, 0.15) is 163 Å². The Bertz CT molecular complexity index is 2530. The number of amides is 6. The first-order valence-corrected chi connectivity index (χ1v) is 26.6. The van der Waals surface area contributed by atoms with Gasteiger partial charge in [0, 0.05) is 106 Å². The summed E-state index contributed by atoms with van der Waals surface area (Å²) in [6.45, 7) is 3.63. The lowest BCUT2D eigenvalue weighted by Crippen LogP contribution is -2.43. The highest BCUT2D eigenvalue weighted by molar-refractivity contribution is 5.99. The second-order valence-corrected chi connectivity index (χ2v) is 20.7. The molecule has 4 aliphatic heterocycles. The Kier molecular flexibility index (Phi) is 17.9. The van der Waals surface area contributed by atoms with Crippen LogP contribution >= 0.6 is 0 Å². The molecule has 6 amide bonds. The molecule has 4 N–H and O–H groups in total. The minimum Gasteiger partial charge on any atom is -0.376 e. The molecule has 10 rings (SSSR count). The lowest BCUT2D eigenvalue weighted by Gasteiger charge is -2.37. The average Bonchev–Trinajstić information content (AvgIpc) is 4.14. The summed E-state index contributed by atoms with van der Waals surface area (Å²) in [6.07, 6.45) is 16.9. The van der Waals surface area contributed by atoms with Crippen LogP contribution in [0.2, 0.25) is 0 Å².